The average molecular weight is 276 g/mol. The van der Waals surface area contributed by atoms with Crippen molar-refractivity contribution in [3.63, 3.8) is 0 Å². The molecule has 7 heteroatoms. The lowest BCUT2D eigenvalue weighted by Gasteiger charge is -2.38. The molecule has 1 aliphatic heterocycles. The number of aliphatic hydroxyl groups is 1. The predicted molar refractivity (Wildman–Crippen MR) is 70.5 cm³/mol. The molecule has 18 heavy (non-hydrogen) atoms. The maximum Gasteiger partial charge on any atom is 0.328 e. The van der Waals surface area contributed by atoms with Gasteiger partial charge in [0.1, 0.15) is 0 Å². The molecule has 0 spiro atoms. The summed E-state index contributed by atoms with van der Waals surface area (Å²) >= 11 is 0. The van der Waals surface area contributed by atoms with E-state index in [4.69, 9.17) is 0 Å². The number of nitrogens with zero attached hydrogens (tertiary/aromatic N) is 1. The molecule has 1 aromatic heterocycles. The number of aryl methyl sites for hydroxylation is 1. The van der Waals surface area contributed by atoms with Crippen LogP contribution in [0.2, 0.25) is 0 Å². The first-order valence-electron chi connectivity index (χ1n) is 5.67. The molecule has 1 fully saturated rings. The van der Waals surface area contributed by atoms with E-state index < -0.39 is 11.3 Å². The predicted octanol–water partition coefficient (Wildman–Crippen LogP) is -0.448. The second kappa shape index (κ2) is 5.26. The molecule has 1 saturated heterocycles. The van der Waals surface area contributed by atoms with Crippen LogP contribution in [-0.4, -0.2) is 33.3 Å². The summed E-state index contributed by atoms with van der Waals surface area (Å²) in [4.78, 5) is 25.3. The van der Waals surface area contributed by atoms with Crippen LogP contribution in [0, 0.1) is 6.92 Å². The van der Waals surface area contributed by atoms with E-state index in [0.717, 1.165) is 6.54 Å². The molecule has 6 nitrogen and oxygen atoms in total. The Balaban J connectivity index is 0.00000162. The number of hydrogen-bond acceptors (Lipinski definition) is 4. The summed E-state index contributed by atoms with van der Waals surface area (Å²) in [7, 11) is 0. The Morgan fingerprint density at radius 2 is 2.17 bits per heavy atom. The van der Waals surface area contributed by atoms with E-state index in [9.17, 15) is 14.7 Å². The highest BCUT2D eigenvalue weighted by Crippen LogP contribution is 2.26. The Kier molecular flexibility index (Phi) is 4.37. The van der Waals surface area contributed by atoms with Gasteiger partial charge >= 0.3 is 5.69 Å². The third-order valence-corrected chi connectivity index (χ3v) is 3.35. The Morgan fingerprint density at radius 1 is 1.50 bits per heavy atom. The first kappa shape index (κ1) is 14.9. The van der Waals surface area contributed by atoms with Gasteiger partial charge in [-0.2, -0.15) is 0 Å². The minimum absolute atomic E-state index is 0. The van der Waals surface area contributed by atoms with Crippen LogP contribution in [0.25, 0.3) is 0 Å². The Hall–Kier alpha value is -1.11. The van der Waals surface area contributed by atoms with Gasteiger partial charge in [0.2, 0.25) is 0 Å². The van der Waals surface area contributed by atoms with Gasteiger partial charge in [-0.1, -0.05) is 0 Å². The van der Waals surface area contributed by atoms with Gasteiger partial charge in [-0.15, -0.1) is 12.4 Å². The van der Waals surface area contributed by atoms with E-state index in [1.165, 1.54) is 10.8 Å². The number of hydrogen-bond donors (Lipinski definition) is 3. The minimum Gasteiger partial charge on any atom is -0.388 e. The fraction of sp³-hybridized carbons (Fsp3) is 0.636. The zero-order chi connectivity index (χ0) is 12.6. The van der Waals surface area contributed by atoms with Crippen LogP contribution in [0.1, 0.15) is 24.9 Å². The summed E-state index contributed by atoms with van der Waals surface area (Å²) in [5, 5.41) is 13.4. The van der Waals surface area contributed by atoms with Crippen molar-refractivity contribution < 1.29 is 5.11 Å². The number of aromatic amines is 1. The molecular formula is C11H18ClN3O3. The van der Waals surface area contributed by atoms with Gasteiger partial charge < -0.3 is 10.4 Å². The van der Waals surface area contributed by atoms with Crippen molar-refractivity contribution in [2.45, 2.75) is 31.9 Å². The molecule has 2 rings (SSSR count). The maximum absolute atomic E-state index is 11.7. The van der Waals surface area contributed by atoms with Crippen LogP contribution in [-0.2, 0) is 0 Å². The molecule has 0 saturated carbocycles. The molecule has 0 unspecified atom stereocenters. The molecule has 0 aliphatic carbocycles. The van der Waals surface area contributed by atoms with Crippen LogP contribution in [0.5, 0.6) is 0 Å². The summed E-state index contributed by atoms with van der Waals surface area (Å²) in [6.07, 6.45) is 2.08. The second-order valence-corrected chi connectivity index (χ2v) is 4.81. The molecule has 0 bridgehead atoms. The van der Waals surface area contributed by atoms with Gasteiger partial charge in [-0.05, 0) is 26.8 Å². The number of halogens is 1. The van der Waals surface area contributed by atoms with E-state index in [1.54, 1.807) is 13.8 Å². The first-order chi connectivity index (χ1) is 7.92. The number of rotatable bonds is 1. The second-order valence-electron chi connectivity index (χ2n) is 4.81. The van der Waals surface area contributed by atoms with Gasteiger partial charge in [0.15, 0.2) is 0 Å². The zero-order valence-corrected chi connectivity index (χ0v) is 11.2. The Bertz CT molecular complexity index is 535. The van der Waals surface area contributed by atoms with Crippen molar-refractivity contribution in [1.29, 1.82) is 0 Å². The van der Waals surface area contributed by atoms with E-state index in [0.29, 0.717) is 18.5 Å². The topological polar surface area (TPSA) is 87.1 Å². The SMILES string of the molecule is Cc1cn([C@@H]2CNCC[C@@]2(C)O)c(=O)[nH]c1=O.Cl. The lowest BCUT2D eigenvalue weighted by molar-refractivity contribution is -0.0189. The normalized spacial score (nSPS) is 27.6. The highest BCUT2D eigenvalue weighted by Gasteiger charge is 2.36. The van der Waals surface area contributed by atoms with Crippen LogP contribution in [0.3, 0.4) is 0 Å². The lowest BCUT2D eigenvalue weighted by atomic mass is 9.89. The van der Waals surface area contributed by atoms with Gasteiger partial charge in [-0.3, -0.25) is 14.3 Å². The summed E-state index contributed by atoms with van der Waals surface area (Å²) < 4.78 is 1.41. The van der Waals surface area contributed by atoms with E-state index in [-0.39, 0.29) is 24.0 Å². The van der Waals surface area contributed by atoms with Crippen molar-refractivity contribution in [2.24, 2.45) is 0 Å². The Labute approximate surface area is 110 Å². The molecule has 0 aromatic carbocycles. The molecule has 1 aromatic rings. The number of aromatic nitrogens is 2. The van der Waals surface area contributed by atoms with Gasteiger partial charge in [0.05, 0.1) is 11.6 Å². The summed E-state index contributed by atoms with van der Waals surface area (Å²) in [6.45, 7) is 4.59. The van der Waals surface area contributed by atoms with Crippen LogP contribution in [0.4, 0.5) is 0 Å². The molecule has 1 aliphatic rings. The van der Waals surface area contributed by atoms with Gasteiger partial charge in [-0.25, -0.2) is 4.79 Å². The molecule has 102 valence electrons. The van der Waals surface area contributed by atoms with Crippen molar-refractivity contribution >= 4 is 12.4 Å². The van der Waals surface area contributed by atoms with E-state index >= 15 is 0 Å². The van der Waals surface area contributed by atoms with E-state index in [1.807, 2.05) is 0 Å². The van der Waals surface area contributed by atoms with E-state index in [2.05, 4.69) is 10.3 Å². The fourth-order valence-electron chi connectivity index (χ4n) is 2.18. The lowest BCUT2D eigenvalue weighted by Crippen LogP contribution is -2.52. The highest BCUT2D eigenvalue weighted by molar-refractivity contribution is 5.85. The van der Waals surface area contributed by atoms with Crippen LogP contribution in [0.15, 0.2) is 15.8 Å². The molecule has 2 atom stereocenters. The third-order valence-electron chi connectivity index (χ3n) is 3.35. The van der Waals surface area contributed by atoms with Crippen molar-refractivity contribution in [3.8, 4) is 0 Å². The minimum atomic E-state index is -0.945. The number of piperidine rings is 1. The summed E-state index contributed by atoms with van der Waals surface area (Å²) in [6, 6.07) is -0.362. The first-order valence-corrected chi connectivity index (χ1v) is 5.67. The largest absolute Gasteiger partial charge is 0.388 e. The number of nitrogens with one attached hydrogen (secondary N) is 2. The van der Waals surface area contributed by atoms with Gasteiger partial charge in [0.25, 0.3) is 5.56 Å². The molecular weight excluding hydrogens is 258 g/mol. The molecule has 3 N–H and O–H groups in total. The van der Waals surface area contributed by atoms with Crippen molar-refractivity contribution in [3.05, 3.63) is 32.6 Å². The van der Waals surface area contributed by atoms with Crippen LogP contribution < -0.4 is 16.6 Å². The molecule has 2 heterocycles. The maximum atomic E-state index is 11.7. The zero-order valence-electron chi connectivity index (χ0n) is 10.4. The highest BCUT2D eigenvalue weighted by atomic mass is 35.5. The molecule has 0 radical (unpaired) electrons. The fourth-order valence-corrected chi connectivity index (χ4v) is 2.18. The standard InChI is InChI=1S/C11H17N3O3.ClH/c1-7-6-14(10(16)13-9(7)15)8-5-12-4-3-11(8,2)17;/h6,8,12,17H,3-5H2,1-2H3,(H,13,15,16);1H/t8-,11-;/m1./s1. The van der Waals surface area contributed by atoms with Crippen molar-refractivity contribution in [1.82, 2.24) is 14.9 Å². The quantitative estimate of drug-likeness (QED) is 0.648. The summed E-state index contributed by atoms with van der Waals surface area (Å²) in [5.74, 6) is 0. The average Bonchev–Trinajstić information content (AvgIpc) is 2.23. The Morgan fingerprint density at radius 3 is 2.78 bits per heavy atom. The smallest absolute Gasteiger partial charge is 0.328 e. The third kappa shape index (κ3) is 2.66. The van der Waals surface area contributed by atoms with Crippen molar-refractivity contribution in [2.75, 3.05) is 13.1 Å². The molecule has 0 amide bonds. The monoisotopic (exact) mass is 275 g/mol. The van der Waals surface area contributed by atoms with Crippen LogP contribution >= 0.6 is 12.4 Å². The summed E-state index contributed by atoms with van der Waals surface area (Å²) in [5.41, 5.74) is -1.34. The number of H-pyrrole nitrogens is 1. The van der Waals surface area contributed by atoms with Gasteiger partial charge in [0, 0.05) is 18.3 Å².